The molecule has 3 aromatic rings. The second-order valence-electron chi connectivity index (χ2n) is 6.46. The van der Waals surface area contributed by atoms with Crippen LogP contribution in [0.5, 0.6) is 0 Å². The summed E-state index contributed by atoms with van der Waals surface area (Å²) in [6.45, 7) is 7.70. The lowest BCUT2D eigenvalue weighted by atomic mass is 10.1. The number of rotatable bonds is 8. The van der Waals surface area contributed by atoms with E-state index < -0.39 is 5.25 Å². The lowest BCUT2D eigenvalue weighted by molar-refractivity contribution is -0.115. The fourth-order valence-corrected chi connectivity index (χ4v) is 3.91. The molecular formula is C22H22N4O2S. The van der Waals surface area contributed by atoms with Crippen LogP contribution in [0.25, 0.3) is 0 Å². The molecule has 1 unspecified atom stereocenters. The second-order valence-corrected chi connectivity index (χ2v) is 7.54. The quantitative estimate of drug-likeness (QED) is 0.340. The summed E-state index contributed by atoms with van der Waals surface area (Å²) in [6.07, 6.45) is 1.77. The average molecular weight is 407 g/mol. The van der Waals surface area contributed by atoms with Crippen molar-refractivity contribution >= 4 is 29.1 Å². The van der Waals surface area contributed by atoms with Crippen LogP contribution in [-0.2, 0) is 11.3 Å². The molecule has 1 N–H and O–H groups in total. The fraction of sp³-hybridized carbons (Fsp3) is 0.182. The molecule has 0 saturated carbocycles. The molecule has 29 heavy (non-hydrogen) atoms. The molecule has 0 aliphatic rings. The van der Waals surface area contributed by atoms with Gasteiger partial charge in [0.2, 0.25) is 5.91 Å². The molecular weight excluding hydrogens is 384 g/mol. The predicted octanol–water partition coefficient (Wildman–Crippen LogP) is 4.45. The van der Waals surface area contributed by atoms with Crippen molar-refractivity contribution in [2.45, 2.75) is 30.8 Å². The van der Waals surface area contributed by atoms with E-state index in [9.17, 15) is 9.59 Å². The minimum Gasteiger partial charge on any atom is -0.325 e. The molecule has 1 aromatic heterocycles. The highest BCUT2D eigenvalue weighted by Gasteiger charge is 2.25. The molecule has 2 aromatic carbocycles. The van der Waals surface area contributed by atoms with Crippen molar-refractivity contribution in [2.24, 2.45) is 0 Å². The number of nitrogens with one attached hydrogen (secondary N) is 1. The number of hydrogen-bond donors (Lipinski definition) is 1. The smallest absolute Gasteiger partial charge is 0.242 e. The topological polar surface area (TPSA) is 76.9 Å². The zero-order chi connectivity index (χ0) is 20.8. The molecule has 0 spiro atoms. The number of aromatic nitrogens is 3. The first-order chi connectivity index (χ1) is 14.0. The third-order valence-electron chi connectivity index (χ3n) is 4.31. The van der Waals surface area contributed by atoms with Gasteiger partial charge in [0.15, 0.2) is 10.9 Å². The van der Waals surface area contributed by atoms with E-state index in [4.69, 9.17) is 0 Å². The molecule has 1 heterocycles. The number of hydrogen-bond acceptors (Lipinski definition) is 5. The fourth-order valence-electron chi connectivity index (χ4n) is 2.82. The molecule has 0 saturated heterocycles. The van der Waals surface area contributed by atoms with Gasteiger partial charge in [-0.25, -0.2) is 0 Å². The van der Waals surface area contributed by atoms with Gasteiger partial charge in [-0.15, -0.1) is 16.8 Å². The molecule has 0 aliphatic heterocycles. The summed E-state index contributed by atoms with van der Waals surface area (Å²) < 4.78 is 1.91. The Kier molecular flexibility index (Phi) is 6.61. The van der Waals surface area contributed by atoms with Gasteiger partial charge in [0.05, 0.1) is 0 Å². The summed E-state index contributed by atoms with van der Waals surface area (Å²) >= 11 is 1.33. The molecule has 0 aliphatic carbocycles. The predicted molar refractivity (Wildman–Crippen MR) is 115 cm³/mol. The minimum absolute atomic E-state index is 0.0527. The molecule has 3 rings (SSSR count). The van der Waals surface area contributed by atoms with E-state index in [-0.39, 0.29) is 11.7 Å². The largest absolute Gasteiger partial charge is 0.325 e. The maximum absolute atomic E-state index is 13.2. The van der Waals surface area contributed by atoms with Gasteiger partial charge in [0.1, 0.15) is 11.1 Å². The number of nitrogens with zero attached hydrogens (tertiary/aromatic N) is 3. The van der Waals surface area contributed by atoms with Gasteiger partial charge < -0.3 is 9.88 Å². The van der Waals surface area contributed by atoms with Crippen LogP contribution >= 0.6 is 11.8 Å². The number of carbonyl (C=O) groups excluding carboxylic acids is 2. The van der Waals surface area contributed by atoms with Gasteiger partial charge in [-0.2, -0.15) is 0 Å². The van der Waals surface area contributed by atoms with Gasteiger partial charge in [-0.1, -0.05) is 60.3 Å². The first-order valence-electron chi connectivity index (χ1n) is 9.13. The summed E-state index contributed by atoms with van der Waals surface area (Å²) in [5, 5.41) is 11.4. The van der Waals surface area contributed by atoms with E-state index >= 15 is 0 Å². The van der Waals surface area contributed by atoms with Gasteiger partial charge >= 0.3 is 0 Å². The van der Waals surface area contributed by atoms with E-state index in [1.807, 2.05) is 41.8 Å². The van der Waals surface area contributed by atoms with Crippen molar-refractivity contribution in [3.05, 3.63) is 84.2 Å². The average Bonchev–Trinajstić information content (AvgIpc) is 3.06. The Labute approximate surface area is 174 Å². The first kappa shape index (κ1) is 20.5. The number of ketones is 1. The third-order valence-corrected chi connectivity index (χ3v) is 5.55. The molecule has 0 fully saturated rings. The Morgan fingerprint density at radius 1 is 1.17 bits per heavy atom. The highest BCUT2D eigenvalue weighted by molar-refractivity contribution is 8.00. The van der Waals surface area contributed by atoms with Crippen molar-refractivity contribution in [3.8, 4) is 0 Å². The van der Waals surface area contributed by atoms with Gasteiger partial charge in [-0.3, -0.25) is 9.59 Å². The van der Waals surface area contributed by atoms with Crippen molar-refractivity contribution in [2.75, 3.05) is 5.32 Å². The SMILES string of the molecule is C=CCn1c(C)nnc1SC(C(=O)Nc1cccc(C(C)=O)c1)c1ccccc1. The maximum atomic E-state index is 13.2. The van der Waals surface area contributed by atoms with Crippen molar-refractivity contribution in [1.29, 1.82) is 0 Å². The van der Waals surface area contributed by atoms with Crippen LogP contribution in [0.3, 0.4) is 0 Å². The standard InChI is InChI=1S/C22H22N4O2S/c1-4-13-26-16(3)24-25-22(26)29-20(17-9-6-5-7-10-17)21(28)23-19-12-8-11-18(14-19)15(2)27/h4-12,14,20H,1,13H2,2-3H3,(H,23,28). The highest BCUT2D eigenvalue weighted by Crippen LogP contribution is 2.35. The Morgan fingerprint density at radius 3 is 2.62 bits per heavy atom. The zero-order valence-corrected chi connectivity index (χ0v) is 17.1. The number of amides is 1. The number of benzene rings is 2. The van der Waals surface area contributed by atoms with Gasteiger partial charge in [-0.05, 0) is 31.5 Å². The minimum atomic E-state index is -0.538. The number of allylic oxidation sites excluding steroid dienone is 1. The van der Waals surface area contributed by atoms with E-state index in [0.29, 0.717) is 23.0 Å². The third kappa shape index (κ3) is 5.00. The normalized spacial score (nSPS) is 11.7. The van der Waals surface area contributed by atoms with Crippen molar-refractivity contribution in [3.63, 3.8) is 0 Å². The molecule has 0 radical (unpaired) electrons. The second kappa shape index (κ2) is 9.34. The highest BCUT2D eigenvalue weighted by atomic mass is 32.2. The monoisotopic (exact) mass is 406 g/mol. The molecule has 148 valence electrons. The van der Waals surface area contributed by atoms with Crippen LogP contribution < -0.4 is 5.32 Å². The summed E-state index contributed by atoms with van der Waals surface area (Å²) in [5.41, 5.74) is 1.98. The van der Waals surface area contributed by atoms with E-state index in [2.05, 4.69) is 22.1 Å². The summed E-state index contributed by atoms with van der Waals surface area (Å²) in [6, 6.07) is 16.4. The first-order valence-corrected chi connectivity index (χ1v) is 10.0. The van der Waals surface area contributed by atoms with Crippen LogP contribution in [0, 0.1) is 6.92 Å². The van der Waals surface area contributed by atoms with Crippen LogP contribution in [0.1, 0.15) is 33.9 Å². The molecule has 0 bridgehead atoms. The maximum Gasteiger partial charge on any atom is 0.242 e. The number of thioether (sulfide) groups is 1. The molecule has 1 atom stereocenters. The van der Waals surface area contributed by atoms with Crippen LogP contribution in [0.4, 0.5) is 5.69 Å². The number of carbonyl (C=O) groups is 2. The van der Waals surface area contributed by atoms with Gasteiger partial charge in [0, 0.05) is 17.8 Å². The number of aryl methyl sites for hydroxylation is 1. The Bertz CT molecular complexity index is 1030. The van der Waals surface area contributed by atoms with Crippen LogP contribution in [-0.4, -0.2) is 26.5 Å². The van der Waals surface area contributed by atoms with Crippen LogP contribution in [0.2, 0.25) is 0 Å². The Hall–Kier alpha value is -3.19. The summed E-state index contributed by atoms with van der Waals surface area (Å²) in [5.74, 6) is 0.504. The van der Waals surface area contributed by atoms with Crippen LogP contribution in [0.15, 0.2) is 72.4 Å². The van der Waals surface area contributed by atoms with Crippen molar-refractivity contribution < 1.29 is 9.59 Å². The van der Waals surface area contributed by atoms with E-state index in [0.717, 1.165) is 11.4 Å². The molecule has 6 nitrogen and oxygen atoms in total. The summed E-state index contributed by atoms with van der Waals surface area (Å²) in [7, 11) is 0. The lowest BCUT2D eigenvalue weighted by Gasteiger charge is -2.17. The van der Waals surface area contributed by atoms with E-state index in [1.165, 1.54) is 18.7 Å². The summed E-state index contributed by atoms with van der Waals surface area (Å²) in [4.78, 5) is 24.8. The number of anilines is 1. The molecule has 7 heteroatoms. The Balaban J connectivity index is 1.90. The number of Topliss-reactive ketones (excluding diaryl/α,β-unsaturated/α-hetero) is 1. The lowest BCUT2D eigenvalue weighted by Crippen LogP contribution is -2.20. The van der Waals surface area contributed by atoms with E-state index in [1.54, 1.807) is 30.3 Å². The van der Waals surface area contributed by atoms with Gasteiger partial charge in [0.25, 0.3) is 0 Å². The van der Waals surface area contributed by atoms with Crippen molar-refractivity contribution in [1.82, 2.24) is 14.8 Å². The zero-order valence-electron chi connectivity index (χ0n) is 16.3. The molecule has 1 amide bonds. The Morgan fingerprint density at radius 2 is 1.93 bits per heavy atom.